The molecule has 0 radical (unpaired) electrons. The van der Waals surface area contributed by atoms with Crippen LogP contribution < -0.4 is 4.72 Å². The van der Waals surface area contributed by atoms with Crippen LogP contribution in [0.15, 0.2) is 54.3 Å². The number of alkyl halides is 3. The Labute approximate surface area is 238 Å². The highest BCUT2D eigenvalue weighted by molar-refractivity contribution is 7.89. The fraction of sp³-hybridized carbons (Fsp3) is 0.500. The van der Waals surface area contributed by atoms with Gasteiger partial charge >= 0.3 is 6.18 Å². The SMILES string of the molecule is C=C(/C=C\C=C(/C)NS(=O)(=O)CCOCC(F)(F)F)[C@@H](CN1CCCC1)N(C)C(=O)Cc1ccc(Cl)c(Cl)c1. The van der Waals surface area contributed by atoms with Crippen molar-refractivity contribution in [1.29, 1.82) is 0 Å². The standard InChI is InChI=1S/C26H34Cl2F3N3O4S/c1-19(7-6-8-20(2)32-39(36,37)14-13-38-18-26(29,30)31)24(17-34-11-4-5-12-34)33(3)25(35)16-21-9-10-22(27)23(28)15-21/h6-10,15,24,32H,1,4-5,11-14,16-18H2,2-3H3/b7-6-,20-8+/t24-/m1/s1. The van der Waals surface area contributed by atoms with Crippen LogP contribution in [-0.4, -0.2) is 82.0 Å². The fourth-order valence-electron chi connectivity index (χ4n) is 3.93. The summed E-state index contributed by atoms with van der Waals surface area (Å²) in [4.78, 5) is 17.0. The fourth-order valence-corrected chi connectivity index (χ4v) is 5.25. The molecule has 1 aliphatic heterocycles. The molecule has 0 bridgehead atoms. The van der Waals surface area contributed by atoms with E-state index in [2.05, 4.69) is 20.9 Å². The molecule has 1 aromatic rings. The largest absolute Gasteiger partial charge is 0.411 e. The van der Waals surface area contributed by atoms with E-state index in [0.717, 1.165) is 31.5 Å². The second-order valence-corrected chi connectivity index (χ2v) is 12.0. The van der Waals surface area contributed by atoms with Gasteiger partial charge in [0, 0.05) is 19.3 Å². The van der Waals surface area contributed by atoms with Gasteiger partial charge in [0.15, 0.2) is 0 Å². The quantitative estimate of drug-likeness (QED) is 0.237. The van der Waals surface area contributed by atoms with E-state index in [1.807, 2.05) is 0 Å². The van der Waals surface area contributed by atoms with Crippen molar-refractivity contribution in [2.45, 2.75) is 38.4 Å². The maximum absolute atomic E-state index is 13.1. The molecule has 1 saturated heterocycles. The Morgan fingerprint density at radius 3 is 2.54 bits per heavy atom. The number of halogens is 5. The van der Waals surface area contributed by atoms with E-state index in [0.29, 0.717) is 22.2 Å². The summed E-state index contributed by atoms with van der Waals surface area (Å²) >= 11 is 12.1. The molecule has 1 aliphatic rings. The number of amides is 1. The van der Waals surface area contributed by atoms with Crippen LogP contribution in [0.5, 0.6) is 0 Å². The third-order valence-electron chi connectivity index (χ3n) is 5.99. The molecule has 218 valence electrons. The molecule has 1 fully saturated rings. The second kappa shape index (κ2) is 15.1. The number of benzene rings is 1. The van der Waals surface area contributed by atoms with Gasteiger partial charge in [-0.3, -0.25) is 9.52 Å². The molecule has 0 saturated carbocycles. The molecule has 0 spiro atoms. The summed E-state index contributed by atoms with van der Waals surface area (Å²) in [5.74, 6) is -0.742. The Kier molecular flexibility index (Phi) is 12.8. The minimum Gasteiger partial charge on any atom is -0.371 e. The van der Waals surface area contributed by atoms with Crippen LogP contribution in [0.1, 0.15) is 25.3 Å². The van der Waals surface area contributed by atoms with Crippen LogP contribution in [0, 0.1) is 0 Å². The molecule has 0 aromatic heterocycles. The van der Waals surface area contributed by atoms with Gasteiger partial charge in [-0.1, -0.05) is 48.0 Å². The van der Waals surface area contributed by atoms with Gasteiger partial charge in [0.2, 0.25) is 15.9 Å². The lowest BCUT2D eigenvalue weighted by molar-refractivity contribution is -0.172. The summed E-state index contributed by atoms with van der Waals surface area (Å²) in [7, 11) is -2.17. The second-order valence-electron chi connectivity index (χ2n) is 9.33. The molecule has 1 N–H and O–H groups in total. The van der Waals surface area contributed by atoms with Crippen molar-refractivity contribution in [3.8, 4) is 0 Å². The van der Waals surface area contributed by atoms with Crippen LogP contribution in [0.4, 0.5) is 13.2 Å². The van der Waals surface area contributed by atoms with Crippen molar-refractivity contribution in [1.82, 2.24) is 14.5 Å². The smallest absolute Gasteiger partial charge is 0.371 e. The lowest BCUT2D eigenvalue weighted by atomic mass is 10.0. The molecule has 0 unspecified atom stereocenters. The molecule has 7 nitrogen and oxygen atoms in total. The zero-order valence-electron chi connectivity index (χ0n) is 21.9. The monoisotopic (exact) mass is 611 g/mol. The number of nitrogens with one attached hydrogen (secondary N) is 1. The first kappa shape index (κ1) is 33.2. The molecule has 1 aromatic carbocycles. The molecule has 13 heteroatoms. The summed E-state index contributed by atoms with van der Waals surface area (Å²) in [6.07, 6.45) is 2.59. The van der Waals surface area contributed by atoms with Crippen molar-refractivity contribution < 1.29 is 31.1 Å². The van der Waals surface area contributed by atoms with Crippen molar-refractivity contribution in [2.75, 3.05) is 45.6 Å². The van der Waals surface area contributed by atoms with Crippen LogP contribution in [0.2, 0.25) is 10.0 Å². The Bertz CT molecular complexity index is 1170. The van der Waals surface area contributed by atoms with Crippen molar-refractivity contribution >= 4 is 39.1 Å². The Hall–Kier alpha value is -2.05. The molecular weight excluding hydrogens is 578 g/mol. The van der Waals surface area contributed by atoms with Crippen LogP contribution in [0.3, 0.4) is 0 Å². The average Bonchev–Trinajstić information content (AvgIpc) is 3.34. The first-order valence-corrected chi connectivity index (χ1v) is 14.7. The van der Waals surface area contributed by atoms with Gasteiger partial charge in [-0.25, -0.2) is 8.42 Å². The van der Waals surface area contributed by atoms with Crippen molar-refractivity contribution in [3.05, 3.63) is 69.9 Å². The number of hydrogen-bond donors (Lipinski definition) is 1. The van der Waals surface area contributed by atoms with Gasteiger partial charge in [0.25, 0.3) is 0 Å². The predicted octanol–water partition coefficient (Wildman–Crippen LogP) is 4.97. The van der Waals surface area contributed by atoms with E-state index < -0.39 is 35.2 Å². The topological polar surface area (TPSA) is 79.0 Å². The minimum atomic E-state index is -4.52. The minimum absolute atomic E-state index is 0.126. The first-order chi connectivity index (χ1) is 18.2. The number of likely N-dealkylation sites (tertiary alicyclic amines) is 1. The lowest BCUT2D eigenvalue weighted by Crippen LogP contribution is -2.45. The highest BCUT2D eigenvalue weighted by Crippen LogP contribution is 2.24. The van der Waals surface area contributed by atoms with Crippen molar-refractivity contribution in [3.63, 3.8) is 0 Å². The van der Waals surface area contributed by atoms with E-state index in [4.69, 9.17) is 23.2 Å². The molecule has 0 aliphatic carbocycles. The average molecular weight is 613 g/mol. The predicted molar refractivity (Wildman–Crippen MR) is 148 cm³/mol. The molecule has 39 heavy (non-hydrogen) atoms. The zero-order valence-corrected chi connectivity index (χ0v) is 24.3. The van der Waals surface area contributed by atoms with Crippen LogP contribution in [0.25, 0.3) is 0 Å². The van der Waals surface area contributed by atoms with Gasteiger partial charge < -0.3 is 14.5 Å². The van der Waals surface area contributed by atoms with Gasteiger partial charge in [-0.15, -0.1) is 0 Å². The molecule has 1 atom stereocenters. The number of allylic oxidation sites excluding steroid dienone is 3. The first-order valence-electron chi connectivity index (χ1n) is 12.3. The highest BCUT2D eigenvalue weighted by atomic mass is 35.5. The Balaban J connectivity index is 2.03. The molecule has 1 amide bonds. The normalized spacial score (nSPS) is 16.0. The van der Waals surface area contributed by atoms with Gasteiger partial charge in [0.1, 0.15) is 6.61 Å². The molecule has 2 rings (SSSR count). The highest BCUT2D eigenvalue weighted by Gasteiger charge is 2.28. The van der Waals surface area contributed by atoms with Gasteiger partial charge in [-0.05, 0) is 62.2 Å². The third kappa shape index (κ3) is 12.3. The summed E-state index contributed by atoms with van der Waals surface area (Å²) in [6, 6.07) is 4.73. The molecule has 1 heterocycles. The van der Waals surface area contributed by atoms with Crippen LogP contribution >= 0.6 is 23.2 Å². The summed E-state index contributed by atoms with van der Waals surface area (Å²) in [5, 5.41) is 0.782. The maximum atomic E-state index is 13.1. The Morgan fingerprint density at radius 1 is 1.26 bits per heavy atom. The van der Waals surface area contributed by atoms with E-state index in [1.54, 1.807) is 42.3 Å². The number of rotatable bonds is 14. The van der Waals surface area contributed by atoms with Gasteiger partial charge in [-0.2, -0.15) is 13.2 Å². The van der Waals surface area contributed by atoms with Crippen LogP contribution in [-0.2, 0) is 26.0 Å². The number of hydrogen-bond acceptors (Lipinski definition) is 5. The third-order valence-corrected chi connectivity index (χ3v) is 8.07. The Morgan fingerprint density at radius 2 is 1.92 bits per heavy atom. The van der Waals surface area contributed by atoms with E-state index in [1.165, 1.54) is 13.0 Å². The zero-order chi connectivity index (χ0) is 29.2. The molecular formula is C26H34Cl2F3N3O4S. The summed E-state index contributed by atoms with van der Waals surface area (Å²) in [5.41, 5.74) is 1.64. The number of nitrogens with zero attached hydrogens (tertiary/aromatic N) is 2. The van der Waals surface area contributed by atoms with Gasteiger partial charge in [0.05, 0.1) is 34.9 Å². The summed E-state index contributed by atoms with van der Waals surface area (Å²) in [6.45, 7) is 6.02. The number of carbonyl (C=O) groups excluding carboxylic acids is 1. The van der Waals surface area contributed by atoms with E-state index in [9.17, 15) is 26.4 Å². The number of likely N-dealkylation sites (N-methyl/N-ethyl adjacent to an activating group) is 1. The van der Waals surface area contributed by atoms with Crippen molar-refractivity contribution in [2.24, 2.45) is 0 Å². The number of sulfonamides is 1. The number of ether oxygens (including phenoxy) is 1. The van der Waals surface area contributed by atoms with E-state index in [-0.39, 0.29) is 24.1 Å². The van der Waals surface area contributed by atoms with E-state index >= 15 is 0 Å². The number of carbonyl (C=O) groups is 1. The lowest BCUT2D eigenvalue weighted by Gasteiger charge is -2.32. The maximum Gasteiger partial charge on any atom is 0.411 e. The summed E-state index contributed by atoms with van der Waals surface area (Å²) < 4.78 is 67.2.